The normalized spacial score (nSPS) is 10.2. The second kappa shape index (κ2) is 6.36. The number of hydrogen-bond donors (Lipinski definition) is 1. The van der Waals surface area contributed by atoms with Crippen LogP contribution in [0.5, 0.6) is 0 Å². The van der Waals surface area contributed by atoms with Crippen LogP contribution in [0.1, 0.15) is 20.8 Å². The highest BCUT2D eigenvalue weighted by atomic mass is 32.2. The number of nitrogens with zero attached hydrogens (tertiary/aromatic N) is 3. The molecule has 0 fully saturated rings. The summed E-state index contributed by atoms with van der Waals surface area (Å²) in [5.41, 5.74) is 0.452. The van der Waals surface area contributed by atoms with Crippen LogP contribution in [0.25, 0.3) is 0 Å². The van der Waals surface area contributed by atoms with E-state index < -0.39 is 5.97 Å². The summed E-state index contributed by atoms with van der Waals surface area (Å²) >= 11 is 1.19. The summed E-state index contributed by atoms with van der Waals surface area (Å²) in [7, 11) is 3.27. The lowest BCUT2D eigenvalue weighted by Gasteiger charge is -2.09. The molecule has 0 unspecified atom stereocenters. The molecule has 0 bridgehead atoms. The Morgan fingerprint density at radius 2 is 1.81 bits per heavy atom. The highest BCUT2D eigenvalue weighted by Gasteiger charge is 2.13. The van der Waals surface area contributed by atoms with Crippen LogP contribution in [0.4, 0.5) is 0 Å². The fourth-order valence-electron chi connectivity index (χ4n) is 1.56. The average molecular weight is 303 g/mol. The first-order valence-electron chi connectivity index (χ1n) is 6.04. The van der Waals surface area contributed by atoms with Gasteiger partial charge in [-0.05, 0) is 24.3 Å². The molecule has 6 nitrogen and oxygen atoms in total. The zero-order valence-corrected chi connectivity index (χ0v) is 12.3. The van der Waals surface area contributed by atoms with Crippen molar-refractivity contribution in [3.05, 3.63) is 47.7 Å². The molecule has 1 amide bonds. The van der Waals surface area contributed by atoms with Gasteiger partial charge in [0.1, 0.15) is 5.03 Å². The molecule has 7 heteroatoms. The van der Waals surface area contributed by atoms with Crippen molar-refractivity contribution in [2.45, 2.75) is 9.92 Å². The van der Waals surface area contributed by atoms with Crippen LogP contribution in [0.15, 0.2) is 46.3 Å². The van der Waals surface area contributed by atoms with Gasteiger partial charge in [-0.3, -0.25) is 4.79 Å². The Balaban J connectivity index is 2.22. The molecule has 1 aromatic heterocycles. The number of aromatic nitrogens is 2. The molecule has 1 aromatic carbocycles. The van der Waals surface area contributed by atoms with Crippen molar-refractivity contribution >= 4 is 23.6 Å². The first-order valence-corrected chi connectivity index (χ1v) is 6.86. The Kier molecular flexibility index (Phi) is 4.54. The Hall–Kier alpha value is -2.41. The average Bonchev–Trinajstić information content (AvgIpc) is 2.47. The third-order valence-corrected chi connectivity index (χ3v) is 3.60. The number of carboxylic acids is 1. The Morgan fingerprint density at radius 1 is 1.10 bits per heavy atom. The number of hydrogen-bond acceptors (Lipinski definition) is 5. The molecule has 0 aliphatic carbocycles. The quantitative estimate of drug-likeness (QED) is 0.930. The molecule has 0 atom stereocenters. The van der Waals surface area contributed by atoms with Crippen LogP contribution in [-0.4, -0.2) is 46.2 Å². The number of carbonyl (C=O) groups is 2. The van der Waals surface area contributed by atoms with Crippen molar-refractivity contribution in [2.75, 3.05) is 14.1 Å². The summed E-state index contributed by atoms with van der Waals surface area (Å²) in [6.07, 6.45) is 0. The van der Waals surface area contributed by atoms with Gasteiger partial charge in [-0.15, -0.1) is 10.2 Å². The lowest BCUT2D eigenvalue weighted by Crippen LogP contribution is -2.23. The molecule has 108 valence electrons. The van der Waals surface area contributed by atoms with Crippen LogP contribution >= 0.6 is 11.8 Å². The maximum absolute atomic E-state index is 11.7. The lowest BCUT2D eigenvalue weighted by molar-refractivity contribution is 0.0692. The Morgan fingerprint density at radius 3 is 2.38 bits per heavy atom. The van der Waals surface area contributed by atoms with E-state index in [2.05, 4.69) is 10.2 Å². The van der Waals surface area contributed by atoms with Crippen molar-refractivity contribution in [1.82, 2.24) is 15.1 Å². The monoisotopic (exact) mass is 303 g/mol. The van der Waals surface area contributed by atoms with Crippen molar-refractivity contribution in [2.24, 2.45) is 0 Å². The number of benzene rings is 1. The van der Waals surface area contributed by atoms with Gasteiger partial charge >= 0.3 is 5.97 Å². The van der Waals surface area contributed by atoms with Gasteiger partial charge in [-0.2, -0.15) is 0 Å². The first kappa shape index (κ1) is 15.0. The topological polar surface area (TPSA) is 83.4 Å². The van der Waals surface area contributed by atoms with E-state index in [9.17, 15) is 9.59 Å². The van der Waals surface area contributed by atoms with E-state index >= 15 is 0 Å². The summed E-state index contributed by atoms with van der Waals surface area (Å²) in [5, 5.41) is 17.5. The summed E-state index contributed by atoms with van der Waals surface area (Å²) in [4.78, 5) is 24.8. The summed E-state index contributed by atoms with van der Waals surface area (Å²) in [6.45, 7) is 0. The number of amides is 1. The third-order valence-electron chi connectivity index (χ3n) is 2.60. The van der Waals surface area contributed by atoms with Gasteiger partial charge in [0.2, 0.25) is 0 Å². The van der Waals surface area contributed by atoms with Crippen molar-refractivity contribution < 1.29 is 14.7 Å². The minimum atomic E-state index is -0.995. The van der Waals surface area contributed by atoms with E-state index in [-0.39, 0.29) is 17.2 Å². The van der Waals surface area contributed by atoms with Crippen LogP contribution in [0.3, 0.4) is 0 Å². The van der Waals surface area contributed by atoms with E-state index in [0.29, 0.717) is 9.92 Å². The van der Waals surface area contributed by atoms with E-state index in [1.165, 1.54) is 22.7 Å². The van der Waals surface area contributed by atoms with Crippen LogP contribution in [0.2, 0.25) is 0 Å². The number of carboxylic acid groups (broad SMARTS) is 1. The molecule has 1 N–H and O–H groups in total. The molecule has 0 saturated carbocycles. The number of rotatable bonds is 4. The maximum Gasteiger partial charge on any atom is 0.336 e. The van der Waals surface area contributed by atoms with Gasteiger partial charge in [0.05, 0.1) is 5.56 Å². The Labute approximate surface area is 125 Å². The summed E-state index contributed by atoms with van der Waals surface area (Å²) in [5.74, 6) is -1.23. The molecule has 0 aliphatic heterocycles. The largest absolute Gasteiger partial charge is 0.478 e. The molecule has 0 aliphatic rings. The van der Waals surface area contributed by atoms with Crippen LogP contribution < -0.4 is 0 Å². The van der Waals surface area contributed by atoms with Crippen molar-refractivity contribution in [1.29, 1.82) is 0 Å². The van der Waals surface area contributed by atoms with Gasteiger partial charge < -0.3 is 10.0 Å². The molecule has 1 heterocycles. The highest BCUT2D eigenvalue weighted by molar-refractivity contribution is 7.99. The van der Waals surface area contributed by atoms with Gasteiger partial charge in [-0.1, -0.05) is 23.9 Å². The van der Waals surface area contributed by atoms with Gasteiger partial charge in [0, 0.05) is 19.0 Å². The number of aromatic carboxylic acids is 1. The summed E-state index contributed by atoms with van der Waals surface area (Å²) in [6, 6.07) is 9.87. The molecule has 0 radical (unpaired) electrons. The molecular weight excluding hydrogens is 290 g/mol. The standard InChI is InChI=1S/C14H13N3O3S/c1-17(2)13(18)10-7-8-12(16-15-10)21-11-6-4-3-5-9(11)14(19)20/h3-8H,1-2H3,(H,19,20). The van der Waals surface area contributed by atoms with Gasteiger partial charge in [0.15, 0.2) is 5.69 Å². The second-order valence-corrected chi connectivity index (χ2v) is 5.42. The lowest BCUT2D eigenvalue weighted by atomic mass is 10.2. The van der Waals surface area contributed by atoms with Gasteiger partial charge in [-0.25, -0.2) is 4.79 Å². The maximum atomic E-state index is 11.7. The van der Waals surface area contributed by atoms with E-state index in [4.69, 9.17) is 5.11 Å². The minimum Gasteiger partial charge on any atom is -0.478 e. The predicted octanol–water partition coefficient (Wildman–Crippen LogP) is 2.03. The first-order chi connectivity index (χ1) is 9.99. The zero-order valence-electron chi connectivity index (χ0n) is 11.5. The highest BCUT2D eigenvalue weighted by Crippen LogP contribution is 2.28. The van der Waals surface area contributed by atoms with Crippen LogP contribution in [-0.2, 0) is 0 Å². The van der Waals surface area contributed by atoms with E-state index in [1.54, 1.807) is 44.4 Å². The molecule has 2 aromatic rings. The minimum absolute atomic E-state index is 0.206. The predicted molar refractivity (Wildman–Crippen MR) is 77.6 cm³/mol. The summed E-state index contributed by atoms with van der Waals surface area (Å²) < 4.78 is 0. The van der Waals surface area contributed by atoms with Gasteiger partial charge in [0.25, 0.3) is 5.91 Å². The SMILES string of the molecule is CN(C)C(=O)c1ccc(Sc2ccccc2C(=O)O)nn1. The fraction of sp³-hybridized carbons (Fsp3) is 0.143. The molecule has 0 spiro atoms. The second-order valence-electron chi connectivity index (χ2n) is 4.36. The van der Waals surface area contributed by atoms with Crippen molar-refractivity contribution in [3.8, 4) is 0 Å². The number of carbonyl (C=O) groups excluding carboxylic acids is 1. The molecular formula is C14H13N3O3S. The Bertz CT molecular complexity index is 671. The van der Waals surface area contributed by atoms with Crippen LogP contribution in [0, 0.1) is 0 Å². The smallest absolute Gasteiger partial charge is 0.336 e. The molecule has 2 rings (SSSR count). The van der Waals surface area contributed by atoms with E-state index in [1.807, 2.05) is 0 Å². The zero-order chi connectivity index (χ0) is 15.4. The molecule has 0 saturated heterocycles. The van der Waals surface area contributed by atoms with Crippen molar-refractivity contribution in [3.63, 3.8) is 0 Å². The van der Waals surface area contributed by atoms with E-state index in [0.717, 1.165) is 0 Å². The fourth-order valence-corrected chi connectivity index (χ4v) is 2.42. The third kappa shape index (κ3) is 3.57. The molecule has 21 heavy (non-hydrogen) atoms.